The van der Waals surface area contributed by atoms with E-state index in [0.29, 0.717) is 18.0 Å². The van der Waals surface area contributed by atoms with E-state index in [1.165, 1.54) is 17.0 Å². The minimum absolute atomic E-state index is 0.00955. The number of nitrogens with zero attached hydrogens (tertiary/aromatic N) is 1. The average Bonchev–Trinajstić information content (AvgIpc) is 3.16. The molecule has 1 heterocycles. The van der Waals surface area contributed by atoms with Gasteiger partial charge in [-0.15, -0.1) is 11.6 Å². The number of anilines is 1. The van der Waals surface area contributed by atoms with Crippen LogP contribution in [0.5, 0.6) is 5.75 Å². The maximum absolute atomic E-state index is 13.1. The third-order valence-electron chi connectivity index (χ3n) is 4.97. The Bertz CT molecular complexity index is 932. The molecule has 0 unspecified atom stereocenters. The van der Waals surface area contributed by atoms with Crippen molar-refractivity contribution in [2.24, 2.45) is 5.92 Å². The highest BCUT2D eigenvalue weighted by molar-refractivity contribution is 6.18. The Morgan fingerprint density at radius 1 is 1.16 bits per heavy atom. The molecule has 2 aromatic carbocycles. The van der Waals surface area contributed by atoms with Gasteiger partial charge in [0.1, 0.15) is 11.6 Å². The molecule has 1 fully saturated rings. The van der Waals surface area contributed by atoms with E-state index in [1.54, 1.807) is 24.3 Å². The van der Waals surface area contributed by atoms with Crippen molar-refractivity contribution >= 4 is 34.9 Å². The molecule has 2 aromatic rings. The van der Waals surface area contributed by atoms with Crippen LogP contribution in [0.4, 0.5) is 10.1 Å². The molecule has 3 rings (SSSR count). The first-order chi connectivity index (χ1) is 14.9. The summed E-state index contributed by atoms with van der Waals surface area (Å²) in [6, 6.07) is 12.0. The number of carbonyl (C=O) groups is 3. The summed E-state index contributed by atoms with van der Waals surface area (Å²) in [5.41, 5.74) is 0.881. The second-order valence-electron chi connectivity index (χ2n) is 7.11. The second kappa shape index (κ2) is 10.4. The average molecular weight is 448 g/mol. The van der Waals surface area contributed by atoms with Gasteiger partial charge in [-0.2, -0.15) is 0 Å². The molecule has 164 valence electrons. The molecular weight excluding hydrogens is 425 g/mol. The number of benzene rings is 2. The van der Waals surface area contributed by atoms with E-state index in [0.717, 1.165) is 12.1 Å². The molecule has 1 amide bonds. The number of alkyl halides is 1. The van der Waals surface area contributed by atoms with Gasteiger partial charge in [-0.1, -0.05) is 0 Å². The lowest BCUT2D eigenvalue weighted by molar-refractivity contribution is -0.151. The predicted octanol–water partition coefficient (Wildman–Crippen LogP) is 4.00. The Labute approximate surface area is 184 Å². The van der Waals surface area contributed by atoms with Gasteiger partial charge >= 0.3 is 5.97 Å². The maximum Gasteiger partial charge on any atom is 0.312 e. The number of ketones is 1. The number of Topliss-reactive ketones (excluding diaryl/α,β-unsaturated/α-hetero) is 1. The summed E-state index contributed by atoms with van der Waals surface area (Å²) in [6.07, 6.45) is -0.984. The zero-order valence-electron chi connectivity index (χ0n) is 17.1. The Hall–Kier alpha value is -2.93. The largest absolute Gasteiger partial charge is 0.494 e. The number of amides is 1. The molecule has 2 atom stereocenters. The fourth-order valence-corrected chi connectivity index (χ4v) is 3.58. The van der Waals surface area contributed by atoms with E-state index in [9.17, 15) is 18.8 Å². The lowest BCUT2D eigenvalue weighted by Crippen LogP contribution is -2.32. The molecule has 0 spiro atoms. The Balaban J connectivity index is 1.66. The molecule has 8 heteroatoms. The summed E-state index contributed by atoms with van der Waals surface area (Å²) in [5, 5.41) is 0. The van der Waals surface area contributed by atoms with E-state index in [1.807, 2.05) is 6.92 Å². The van der Waals surface area contributed by atoms with Crippen molar-refractivity contribution in [1.29, 1.82) is 0 Å². The minimum Gasteiger partial charge on any atom is -0.494 e. The molecule has 0 N–H and O–H groups in total. The molecule has 6 nitrogen and oxygen atoms in total. The highest BCUT2D eigenvalue weighted by Gasteiger charge is 2.38. The van der Waals surface area contributed by atoms with Crippen molar-refractivity contribution in [3.05, 3.63) is 59.9 Å². The molecule has 0 radical (unpaired) electrons. The first-order valence-electron chi connectivity index (χ1n) is 10.0. The lowest BCUT2D eigenvalue weighted by atomic mass is 10.0. The molecule has 1 aliphatic heterocycles. The number of carbonyl (C=O) groups excluding carboxylic acids is 3. The fourth-order valence-electron chi connectivity index (χ4n) is 3.38. The third kappa shape index (κ3) is 5.61. The summed E-state index contributed by atoms with van der Waals surface area (Å²) < 4.78 is 24.0. The van der Waals surface area contributed by atoms with Gasteiger partial charge in [-0.3, -0.25) is 14.4 Å². The van der Waals surface area contributed by atoms with Gasteiger partial charge in [-0.05, 0) is 55.5 Å². The summed E-state index contributed by atoms with van der Waals surface area (Å²) in [5.74, 6) is -1.66. The lowest BCUT2D eigenvalue weighted by Gasteiger charge is -2.19. The first kappa shape index (κ1) is 22.7. The van der Waals surface area contributed by atoms with Crippen LogP contribution in [0, 0.1) is 11.7 Å². The standard InChI is InChI=1S/C23H23ClFNO5/c1-2-30-19-9-7-18(8-10-19)26-14-16(13-21(26)27)23(29)31-20(11-12-24)22(28)15-3-5-17(25)6-4-15/h3-10,16,20H,2,11-14H2,1H3/t16-,20+/m1/s1. The topological polar surface area (TPSA) is 72.9 Å². The number of rotatable bonds is 9. The number of ether oxygens (including phenoxy) is 2. The van der Waals surface area contributed by atoms with E-state index in [2.05, 4.69) is 0 Å². The summed E-state index contributed by atoms with van der Waals surface area (Å²) >= 11 is 5.78. The minimum atomic E-state index is -1.09. The molecule has 0 aromatic heterocycles. The Morgan fingerprint density at radius 3 is 2.45 bits per heavy atom. The van der Waals surface area contributed by atoms with Crippen molar-refractivity contribution in [2.75, 3.05) is 23.9 Å². The van der Waals surface area contributed by atoms with Crippen molar-refractivity contribution in [3.8, 4) is 5.75 Å². The van der Waals surface area contributed by atoms with E-state index in [4.69, 9.17) is 21.1 Å². The predicted molar refractivity (Wildman–Crippen MR) is 114 cm³/mol. The highest BCUT2D eigenvalue weighted by Crippen LogP contribution is 2.28. The quantitative estimate of drug-likeness (QED) is 0.330. The van der Waals surface area contributed by atoms with Crippen molar-refractivity contribution in [3.63, 3.8) is 0 Å². The number of hydrogen-bond donors (Lipinski definition) is 0. The van der Waals surface area contributed by atoms with Gasteiger partial charge in [0.25, 0.3) is 0 Å². The van der Waals surface area contributed by atoms with Gasteiger partial charge in [0.05, 0.1) is 12.5 Å². The van der Waals surface area contributed by atoms with Crippen LogP contribution in [0.15, 0.2) is 48.5 Å². The van der Waals surface area contributed by atoms with Crippen molar-refractivity contribution in [1.82, 2.24) is 0 Å². The Kier molecular flexibility index (Phi) is 7.63. The molecule has 0 bridgehead atoms. The Morgan fingerprint density at radius 2 is 1.84 bits per heavy atom. The summed E-state index contributed by atoms with van der Waals surface area (Å²) in [4.78, 5) is 39.4. The van der Waals surface area contributed by atoms with Crippen LogP contribution < -0.4 is 9.64 Å². The molecule has 1 aliphatic rings. The van der Waals surface area contributed by atoms with Gasteiger partial charge in [0, 0.05) is 36.5 Å². The summed E-state index contributed by atoms with van der Waals surface area (Å²) in [6.45, 7) is 2.58. The highest BCUT2D eigenvalue weighted by atomic mass is 35.5. The molecular formula is C23H23ClFNO5. The third-order valence-corrected chi connectivity index (χ3v) is 5.19. The van der Waals surface area contributed by atoms with Crippen LogP contribution in [0.2, 0.25) is 0 Å². The van der Waals surface area contributed by atoms with E-state index in [-0.39, 0.29) is 36.7 Å². The number of esters is 1. The van der Waals surface area contributed by atoms with Crippen molar-refractivity contribution < 1.29 is 28.2 Å². The van der Waals surface area contributed by atoms with Crippen LogP contribution in [0.3, 0.4) is 0 Å². The first-order valence-corrected chi connectivity index (χ1v) is 10.6. The number of hydrogen-bond acceptors (Lipinski definition) is 5. The zero-order valence-corrected chi connectivity index (χ0v) is 17.8. The van der Waals surface area contributed by atoms with E-state index < -0.39 is 29.6 Å². The van der Waals surface area contributed by atoms with Gasteiger partial charge < -0.3 is 14.4 Å². The fraction of sp³-hybridized carbons (Fsp3) is 0.348. The monoisotopic (exact) mass is 447 g/mol. The molecule has 31 heavy (non-hydrogen) atoms. The van der Waals surface area contributed by atoms with Gasteiger partial charge in [0.15, 0.2) is 6.10 Å². The molecule has 0 saturated carbocycles. The normalized spacial score (nSPS) is 16.8. The van der Waals surface area contributed by atoms with Gasteiger partial charge in [0.2, 0.25) is 11.7 Å². The summed E-state index contributed by atoms with van der Waals surface area (Å²) in [7, 11) is 0. The van der Waals surface area contributed by atoms with Crippen LogP contribution in [0.25, 0.3) is 0 Å². The van der Waals surface area contributed by atoms with Crippen LogP contribution in [-0.2, 0) is 14.3 Å². The zero-order chi connectivity index (χ0) is 22.4. The maximum atomic E-state index is 13.1. The SMILES string of the molecule is CCOc1ccc(N2C[C@H](C(=O)O[C@@H](CCCl)C(=O)c3ccc(F)cc3)CC2=O)cc1. The second-order valence-corrected chi connectivity index (χ2v) is 7.48. The van der Waals surface area contributed by atoms with Gasteiger partial charge in [-0.25, -0.2) is 4.39 Å². The smallest absolute Gasteiger partial charge is 0.312 e. The van der Waals surface area contributed by atoms with Crippen LogP contribution in [-0.4, -0.2) is 42.8 Å². The van der Waals surface area contributed by atoms with E-state index >= 15 is 0 Å². The molecule has 0 aliphatic carbocycles. The molecule has 1 saturated heterocycles. The van der Waals surface area contributed by atoms with Crippen molar-refractivity contribution in [2.45, 2.75) is 25.9 Å². The number of halogens is 2. The van der Waals surface area contributed by atoms with Crippen LogP contribution in [0.1, 0.15) is 30.1 Å². The van der Waals surface area contributed by atoms with Crippen LogP contribution >= 0.6 is 11.6 Å².